The number of unbranched alkanes of at least 4 members (excludes halogenated alkanes) is 43. The molecule has 0 spiro atoms. The minimum atomic E-state index is -1.26. The lowest BCUT2D eigenvalue weighted by Gasteiger charge is -2.27. The van der Waals surface area contributed by atoms with Crippen molar-refractivity contribution in [3.63, 3.8) is 0 Å². The van der Waals surface area contributed by atoms with Gasteiger partial charge in [0.15, 0.2) is 0 Å². The van der Waals surface area contributed by atoms with Gasteiger partial charge in [0, 0.05) is 0 Å². The van der Waals surface area contributed by atoms with E-state index in [0.717, 1.165) is 44.9 Å². The first-order valence-electron chi connectivity index (χ1n) is 29.1. The van der Waals surface area contributed by atoms with Gasteiger partial charge in [-0.25, -0.2) is 0 Å². The molecule has 0 radical (unpaired) electrons. The van der Waals surface area contributed by atoms with Crippen molar-refractivity contribution in [1.82, 2.24) is 5.32 Å². The van der Waals surface area contributed by atoms with Crippen LogP contribution in [0.5, 0.6) is 0 Å². The molecular formula is C58H115NO5. The monoisotopic (exact) mass is 906 g/mol. The van der Waals surface area contributed by atoms with Gasteiger partial charge >= 0.3 is 0 Å². The van der Waals surface area contributed by atoms with Gasteiger partial charge in [-0.05, 0) is 38.5 Å². The van der Waals surface area contributed by atoms with Crippen LogP contribution in [0.15, 0.2) is 12.2 Å². The molecule has 6 nitrogen and oxygen atoms in total. The van der Waals surface area contributed by atoms with Crippen molar-refractivity contribution in [3.05, 3.63) is 12.2 Å². The third kappa shape index (κ3) is 46.2. The summed E-state index contributed by atoms with van der Waals surface area (Å²) in [6, 6.07) is -0.986. The first-order chi connectivity index (χ1) is 31.5. The number of amides is 1. The molecular weight excluding hydrogens is 791 g/mol. The fourth-order valence-electron chi connectivity index (χ4n) is 9.40. The summed E-state index contributed by atoms with van der Waals surface area (Å²) in [5.41, 5.74) is 0. The van der Waals surface area contributed by atoms with Gasteiger partial charge in [0.1, 0.15) is 12.2 Å². The lowest BCUT2D eigenvalue weighted by Crippen LogP contribution is -2.53. The van der Waals surface area contributed by atoms with Gasteiger partial charge in [0.25, 0.3) is 0 Å². The Balaban J connectivity index is 3.60. The van der Waals surface area contributed by atoms with Gasteiger partial charge in [-0.2, -0.15) is 0 Å². The number of hydrogen-bond acceptors (Lipinski definition) is 5. The van der Waals surface area contributed by atoms with Gasteiger partial charge in [-0.15, -0.1) is 0 Å². The second kappa shape index (κ2) is 53.0. The van der Waals surface area contributed by atoms with Crippen LogP contribution in [0, 0.1) is 0 Å². The van der Waals surface area contributed by atoms with Crippen molar-refractivity contribution in [2.75, 3.05) is 6.61 Å². The van der Waals surface area contributed by atoms with E-state index in [2.05, 4.69) is 31.3 Å². The summed E-state index contributed by atoms with van der Waals surface area (Å²) in [6.07, 6.45) is 62.8. The molecule has 0 saturated heterocycles. The Morgan fingerprint density at radius 3 is 0.906 bits per heavy atom. The normalized spacial score (nSPS) is 13.8. The van der Waals surface area contributed by atoms with Gasteiger partial charge in [-0.3, -0.25) is 4.79 Å². The van der Waals surface area contributed by atoms with Crippen LogP contribution in [0.25, 0.3) is 0 Å². The Kier molecular flexibility index (Phi) is 52.2. The first-order valence-corrected chi connectivity index (χ1v) is 29.1. The number of nitrogens with one attached hydrogen (secondary N) is 1. The van der Waals surface area contributed by atoms with Crippen LogP contribution < -0.4 is 5.32 Å². The summed E-state index contributed by atoms with van der Waals surface area (Å²) in [6.45, 7) is 4.10. The highest BCUT2D eigenvalue weighted by Gasteiger charge is 2.28. The van der Waals surface area contributed by atoms with Crippen molar-refractivity contribution in [1.29, 1.82) is 0 Å². The number of carbonyl (C=O) groups excluding carboxylic acids is 1. The Bertz CT molecular complexity index is 928. The summed E-state index contributed by atoms with van der Waals surface area (Å²) >= 11 is 0. The highest BCUT2D eigenvalue weighted by Crippen LogP contribution is 2.18. The third-order valence-corrected chi connectivity index (χ3v) is 14.0. The van der Waals surface area contributed by atoms with Crippen LogP contribution in [0.3, 0.4) is 0 Å². The number of aliphatic hydroxyl groups excluding tert-OH is 4. The second-order valence-electron chi connectivity index (χ2n) is 20.3. The van der Waals surface area contributed by atoms with E-state index in [0.29, 0.717) is 12.8 Å². The van der Waals surface area contributed by atoms with E-state index >= 15 is 0 Å². The number of carbonyl (C=O) groups is 1. The molecule has 0 aliphatic rings. The van der Waals surface area contributed by atoms with Crippen LogP contribution in [0.4, 0.5) is 0 Å². The summed E-state index contributed by atoms with van der Waals surface area (Å²) in [5, 5.41) is 44.0. The van der Waals surface area contributed by atoms with Crippen molar-refractivity contribution in [2.45, 2.75) is 346 Å². The van der Waals surface area contributed by atoms with E-state index in [9.17, 15) is 25.2 Å². The van der Waals surface area contributed by atoms with Crippen molar-refractivity contribution in [3.8, 4) is 0 Å². The second-order valence-corrected chi connectivity index (χ2v) is 20.3. The van der Waals surface area contributed by atoms with Gasteiger partial charge in [-0.1, -0.05) is 296 Å². The van der Waals surface area contributed by atoms with Crippen LogP contribution in [0.1, 0.15) is 322 Å². The molecule has 1 amide bonds. The van der Waals surface area contributed by atoms with Crippen LogP contribution in [-0.2, 0) is 4.79 Å². The summed E-state index contributed by atoms with van der Waals surface area (Å²) in [5.74, 6) is -0.583. The molecule has 0 saturated carbocycles. The summed E-state index contributed by atoms with van der Waals surface area (Å²) in [7, 11) is 0. The fraction of sp³-hybridized carbons (Fsp3) is 0.948. The molecule has 0 fully saturated rings. The van der Waals surface area contributed by atoms with E-state index in [4.69, 9.17) is 0 Å². The third-order valence-electron chi connectivity index (χ3n) is 14.0. The topological polar surface area (TPSA) is 110 Å². The molecule has 0 heterocycles. The number of aliphatic hydroxyl groups is 4. The average molecular weight is 907 g/mol. The van der Waals surface area contributed by atoms with E-state index in [-0.39, 0.29) is 0 Å². The molecule has 5 N–H and O–H groups in total. The van der Waals surface area contributed by atoms with E-state index in [1.54, 1.807) is 0 Å². The number of hydrogen-bond donors (Lipinski definition) is 5. The largest absolute Gasteiger partial charge is 0.394 e. The van der Waals surface area contributed by atoms with Crippen molar-refractivity contribution >= 4 is 5.91 Å². The van der Waals surface area contributed by atoms with Crippen LogP contribution >= 0.6 is 0 Å². The van der Waals surface area contributed by atoms with Gasteiger partial charge in [0.05, 0.1) is 18.8 Å². The van der Waals surface area contributed by atoms with Crippen LogP contribution in [0.2, 0.25) is 0 Å². The zero-order chi connectivity index (χ0) is 46.7. The zero-order valence-electron chi connectivity index (χ0n) is 43.3. The summed E-state index contributed by atoms with van der Waals surface area (Å²) < 4.78 is 0. The molecule has 0 aromatic heterocycles. The lowest BCUT2D eigenvalue weighted by molar-refractivity contribution is -0.132. The SMILES string of the molecule is CCCCCCCCCCCCCC/C=C\CCCCCCCCC(O)C(=O)NC(CO)C(O)C(O)CCCCCCCCCCCCCCCCCCCCCCCCCCCC. The molecule has 0 aliphatic heterocycles. The van der Waals surface area contributed by atoms with Crippen molar-refractivity contribution in [2.24, 2.45) is 0 Å². The standard InChI is InChI=1S/C58H115NO5/c1-3-5-7-9-11-13-15-17-19-21-23-25-27-28-29-30-32-33-35-37-39-41-43-45-47-49-51-55(61)57(63)54(53-60)59-58(64)56(62)52-50-48-46-44-42-40-38-36-34-31-26-24-22-20-18-16-14-12-10-8-6-4-2/h34,36,54-57,60-63H,3-33,35,37-53H2,1-2H3,(H,59,64)/b36-34-. The quantitative estimate of drug-likeness (QED) is 0.0308. The molecule has 0 aromatic rings. The smallest absolute Gasteiger partial charge is 0.249 e. The van der Waals surface area contributed by atoms with E-state index in [1.165, 1.54) is 250 Å². The van der Waals surface area contributed by atoms with E-state index < -0.39 is 36.9 Å². The van der Waals surface area contributed by atoms with E-state index in [1.807, 2.05) is 0 Å². The number of allylic oxidation sites excluding steroid dienone is 2. The molecule has 0 rings (SSSR count). The zero-order valence-corrected chi connectivity index (χ0v) is 43.3. The maximum absolute atomic E-state index is 12.6. The Morgan fingerprint density at radius 1 is 0.375 bits per heavy atom. The molecule has 6 heteroatoms. The molecule has 0 bridgehead atoms. The minimum absolute atomic E-state index is 0.365. The van der Waals surface area contributed by atoms with Crippen molar-refractivity contribution < 1.29 is 25.2 Å². The highest BCUT2D eigenvalue weighted by molar-refractivity contribution is 5.80. The van der Waals surface area contributed by atoms with Gasteiger partial charge in [0.2, 0.25) is 5.91 Å². The molecule has 4 unspecified atom stereocenters. The highest BCUT2D eigenvalue weighted by atomic mass is 16.3. The first kappa shape index (κ1) is 63.0. The average Bonchev–Trinajstić information content (AvgIpc) is 3.30. The Labute approximate surface area is 400 Å². The summed E-state index contributed by atoms with van der Waals surface area (Å²) in [4.78, 5) is 12.6. The number of rotatable bonds is 54. The molecule has 0 aliphatic carbocycles. The van der Waals surface area contributed by atoms with Crippen LogP contribution in [-0.4, -0.2) is 57.3 Å². The van der Waals surface area contributed by atoms with Gasteiger partial charge < -0.3 is 25.7 Å². The Hall–Kier alpha value is -0.950. The molecule has 64 heavy (non-hydrogen) atoms. The predicted octanol–water partition coefficient (Wildman–Crippen LogP) is 16.9. The predicted molar refractivity (Wildman–Crippen MR) is 279 cm³/mol. The molecule has 382 valence electrons. The lowest BCUT2D eigenvalue weighted by atomic mass is 9.99. The molecule has 4 atom stereocenters. The Morgan fingerprint density at radius 2 is 0.625 bits per heavy atom. The minimum Gasteiger partial charge on any atom is -0.394 e. The maximum Gasteiger partial charge on any atom is 0.249 e. The fourth-order valence-corrected chi connectivity index (χ4v) is 9.40. The maximum atomic E-state index is 12.6. The molecule has 0 aromatic carbocycles.